The molecule has 4 heteroatoms. The summed E-state index contributed by atoms with van der Waals surface area (Å²) in [5, 5.41) is 13.0. The third-order valence-electron chi connectivity index (χ3n) is 2.65. The minimum atomic E-state index is -0.295. The number of aliphatic hydroxyl groups is 1. The van der Waals surface area contributed by atoms with Crippen LogP contribution in [0.4, 0.5) is 0 Å². The monoisotopic (exact) mass is 252 g/mol. The van der Waals surface area contributed by atoms with E-state index in [9.17, 15) is 5.11 Å². The average molecular weight is 252 g/mol. The molecule has 0 radical (unpaired) electrons. The Labute approximate surface area is 109 Å². The molecule has 1 atom stereocenters. The van der Waals surface area contributed by atoms with Gasteiger partial charge in [0, 0.05) is 30.9 Å². The summed E-state index contributed by atoms with van der Waals surface area (Å²) in [6, 6.07) is 3.81. The van der Waals surface area contributed by atoms with E-state index in [1.807, 2.05) is 19.1 Å². The largest absolute Gasteiger partial charge is 0.497 e. The minimum absolute atomic E-state index is 0.295. The molecule has 18 heavy (non-hydrogen) atoms. The smallest absolute Gasteiger partial charge is 0.122 e. The van der Waals surface area contributed by atoms with Gasteiger partial charge >= 0.3 is 0 Å². The van der Waals surface area contributed by atoms with Crippen LogP contribution in [0.3, 0.4) is 0 Å². The first kappa shape index (κ1) is 14.9. The Morgan fingerprint density at radius 2 is 2.11 bits per heavy atom. The number of aryl methyl sites for hydroxylation is 1. The van der Waals surface area contributed by atoms with Crippen LogP contribution in [-0.2, 0) is 6.54 Å². The molecule has 0 fully saturated rings. The van der Waals surface area contributed by atoms with E-state index in [1.54, 1.807) is 7.11 Å². The lowest BCUT2D eigenvalue weighted by molar-refractivity contribution is 0.146. The molecule has 1 aromatic rings. The van der Waals surface area contributed by atoms with Gasteiger partial charge < -0.3 is 15.2 Å². The molecule has 0 aliphatic carbocycles. The predicted molar refractivity (Wildman–Crippen MR) is 72.7 cm³/mol. The summed E-state index contributed by atoms with van der Waals surface area (Å²) in [6.45, 7) is 7.40. The van der Waals surface area contributed by atoms with Crippen LogP contribution in [-0.4, -0.2) is 29.8 Å². The SMILES string of the molecule is COc1cc(C)nc(CNCC(O)CC(C)C)c1. The Balaban J connectivity index is 2.41. The molecular formula is C14H24N2O2. The molecule has 0 aliphatic rings. The second-order valence-electron chi connectivity index (χ2n) is 5.05. The van der Waals surface area contributed by atoms with Gasteiger partial charge in [-0.25, -0.2) is 0 Å². The molecule has 0 bridgehead atoms. The van der Waals surface area contributed by atoms with Gasteiger partial charge in [0.15, 0.2) is 0 Å². The fraction of sp³-hybridized carbons (Fsp3) is 0.643. The predicted octanol–water partition coefficient (Wildman–Crippen LogP) is 1.90. The van der Waals surface area contributed by atoms with Crippen LogP contribution in [0.5, 0.6) is 5.75 Å². The highest BCUT2D eigenvalue weighted by atomic mass is 16.5. The van der Waals surface area contributed by atoms with Crippen LogP contribution in [0.2, 0.25) is 0 Å². The van der Waals surface area contributed by atoms with Crippen LogP contribution in [0, 0.1) is 12.8 Å². The van der Waals surface area contributed by atoms with Crippen molar-refractivity contribution < 1.29 is 9.84 Å². The topological polar surface area (TPSA) is 54.4 Å². The van der Waals surface area contributed by atoms with Gasteiger partial charge in [0.1, 0.15) is 5.75 Å². The lowest BCUT2D eigenvalue weighted by Crippen LogP contribution is -2.27. The number of aromatic nitrogens is 1. The van der Waals surface area contributed by atoms with Crippen molar-refractivity contribution in [2.45, 2.75) is 39.8 Å². The third kappa shape index (κ3) is 5.47. The second-order valence-corrected chi connectivity index (χ2v) is 5.05. The first-order chi connectivity index (χ1) is 8.51. The summed E-state index contributed by atoms with van der Waals surface area (Å²) < 4.78 is 5.20. The maximum absolute atomic E-state index is 9.75. The first-order valence-electron chi connectivity index (χ1n) is 6.41. The molecule has 1 heterocycles. The zero-order chi connectivity index (χ0) is 13.5. The molecule has 0 amide bonds. The number of pyridine rings is 1. The van der Waals surface area contributed by atoms with Gasteiger partial charge in [-0.15, -0.1) is 0 Å². The lowest BCUT2D eigenvalue weighted by Gasteiger charge is -2.14. The van der Waals surface area contributed by atoms with Crippen molar-refractivity contribution in [3.63, 3.8) is 0 Å². The van der Waals surface area contributed by atoms with Crippen molar-refractivity contribution in [2.24, 2.45) is 5.92 Å². The van der Waals surface area contributed by atoms with Crippen molar-refractivity contribution in [1.29, 1.82) is 0 Å². The molecule has 1 rings (SSSR count). The molecular weight excluding hydrogens is 228 g/mol. The summed E-state index contributed by atoms with van der Waals surface area (Å²) >= 11 is 0. The van der Waals surface area contributed by atoms with E-state index >= 15 is 0 Å². The molecule has 1 aromatic heterocycles. The number of nitrogens with zero attached hydrogens (tertiary/aromatic N) is 1. The molecule has 2 N–H and O–H groups in total. The van der Waals surface area contributed by atoms with Crippen molar-refractivity contribution in [3.8, 4) is 5.75 Å². The molecule has 0 spiro atoms. The Morgan fingerprint density at radius 1 is 1.39 bits per heavy atom. The van der Waals surface area contributed by atoms with Gasteiger partial charge in [-0.1, -0.05) is 13.8 Å². The number of hydrogen-bond acceptors (Lipinski definition) is 4. The summed E-state index contributed by atoms with van der Waals surface area (Å²) in [4.78, 5) is 4.42. The molecule has 102 valence electrons. The normalized spacial score (nSPS) is 12.8. The van der Waals surface area contributed by atoms with Crippen LogP contribution >= 0.6 is 0 Å². The number of methoxy groups -OCH3 is 1. The third-order valence-corrected chi connectivity index (χ3v) is 2.65. The van der Waals surface area contributed by atoms with E-state index in [1.165, 1.54) is 0 Å². The Kier molecular flexibility index (Phi) is 6.09. The summed E-state index contributed by atoms with van der Waals surface area (Å²) in [5.41, 5.74) is 1.87. The lowest BCUT2D eigenvalue weighted by atomic mass is 10.1. The van der Waals surface area contributed by atoms with Crippen LogP contribution in [0.1, 0.15) is 31.7 Å². The van der Waals surface area contributed by atoms with E-state index in [2.05, 4.69) is 24.1 Å². The Bertz CT molecular complexity index is 367. The first-order valence-corrected chi connectivity index (χ1v) is 6.41. The number of aliphatic hydroxyl groups excluding tert-OH is 1. The fourth-order valence-electron chi connectivity index (χ4n) is 1.91. The van der Waals surface area contributed by atoms with Crippen LogP contribution in [0.15, 0.2) is 12.1 Å². The minimum Gasteiger partial charge on any atom is -0.497 e. The van der Waals surface area contributed by atoms with Crippen molar-refractivity contribution >= 4 is 0 Å². The molecule has 0 aromatic carbocycles. The van der Waals surface area contributed by atoms with E-state index in [0.29, 0.717) is 19.0 Å². The summed E-state index contributed by atoms with van der Waals surface area (Å²) in [6.07, 6.45) is 0.522. The molecule has 4 nitrogen and oxygen atoms in total. The number of hydrogen-bond donors (Lipinski definition) is 2. The summed E-state index contributed by atoms with van der Waals surface area (Å²) in [7, 11) is 1.65. The van der Waals surface area contributed by atoms with Gasteiger partial charge in [0.05, 0.1) is 18.9 Å². The zero-order valence-electron chi connectivity index (χ0n) is 11.7. The fourth-order valence-corrected chi connectivity index (χ4v) is 1.91. The van der Waals surface area contributed by atoms with Crippen LogP contribution in [0.25, 0.3) is 0 Å². The molecule has 1 unspecified atom stereocenters. The van der Waals surface area contributed by atoms with Crippen molar-refractivity contribution in [2.75, 3.05) is 13.7 Å². The highest BCUT2D eigenvalue weighted by Gasteiger charge is 2.07. The number of rotatable bonds is 7. The average Bonchev–Trinajstić information content (AvgIpc) is 2.27. The standard InChI is InChI=1S/C14H24N2O2/c1-10(2)5-13(17)9-15-8-12-7-14(18-4)6-11(3)16-12/h6-7,10,13,15,17H,5,8-9H2,1-4H3. The maximum Gasteiger partial charge on any atom is 0.122 e. The number of nitrogens with one attached hydrogen (secondary N) is 1. The Hall–Kier alpha value is -1.13. The van der Waals surface area contributed by atoms with Gasteiger partial charge in [0.2, 0.25) is 0 Å². The van der Waals surface area contributed by atoms with E-state index in [-0.39, 0.29) is 6.10 Å². The van der Waals surface area contributed by atoms with Gasteiger partial charge in [-0.3, -0.25) is 4.98 Å². The summed E-state index contributed by atoms with van der Waals surface area (Å²) in [5.74, 6) is 1.33. The highest BCUT2D eigenvalue weighted by molar-refractivity contribution is 5.26. The van der Waals surface area contributed by atoms with Gasteiger partial charge in [0.25, 0.3) is 0 Å². The second kappa shape index (κ2) is 7.34. The Morgan fingerprint density at radius 3 is 2.72 bits per heavy atom. The zero-order valence-corrected chi connectivity index (χ0v) is 11.7. The highest BCUT2D eigenvalue weighted by Crippen LogP contribution is 2.13. The van der Waals surface area contributed by atoms with E-state index in [4.69, 9.17) is 4.74 Å². The molecule has 0 saturated heterocycles. The molecule has 0 aliphatic heterocycles. The van der Waals surface area contributed by atoms with Crippen molar-refractivity contribution in [3.05, 3.63) is 23.5 Å². The van der Waals surface area contributed by atoms with Gasteiger partial charge in [-0.05, 0) is 19.3 Å². The van der Waals surface area contributed by atoms with E-state index in [0.717, 1.165) is 23.6 Å². The van der Waals surface area contributed by atoms with Gasteiger partial charge in [-0.2, -0.15) is 0 Å². The maximum atomic E-state index is 9.75. The number of ether oxygens (including phenoxy) is 1. The molecule has 0 saturated carbocycles. The van der Waals surface area contributed by atoms with Crippen molar-refractivity contribution in [1.82, 2.24) is 10.3 Å². The van der Waals surface area contributed by atoms with E-state index < -0.39 is 0 Å². The van der Waals surface area contributed by atoms with Crippen LogP contribution < -0.4 is 10.1 Å². The quantitative estimate of drug-likeness (QED) is 0.778.